The molecule has 90 valence electrons. The van der Waals surface area contributed by atoms with Crippen molar-refractivity contribution in [1.29, 1.82) is 0 Å². The first kappa shape index (κ1) is 12.0. The Labute approximate surface area is 104 Å². The Bertz CT molecular complexity index is 542. The van der Waals surface area contributed by atoms with E-state index in [4.69, 9.17) is 9.26 Å². The van der Waals surface area contributed by atoms with Gasteiger partial charge in [-0.2, -0.15) is 4.39 Å². The van der Waals surface area contributed by atoms with Gasteiger partial charge in [-0.25, -0.2) is 4.39 Å². The Morgan fingerprint density at radius 2 is 2.12 bits per heavy atom. The van der Waals surface area contributed by atoms with Gasteiger partial charge in [0.25, 0.3) is 0 Å². The van der Waals surface area contributed by atoms with Crippen molar-refractivity contribution in [3.8, 4) is 5.75 Å². The van der Waals surface area contributed by atoms with Crippen LogP contribution in [0.2, 0.25) is 0 Å². The molecule has 0 aliphatic heterocycles. The minimum Gasteiger partial charge on any atom is -0.482 e. The second kappa shape index (κ2) is 4.83. The molecule has 0 unspecified atom stereocenters. The van der Waals surface area contributed by atoms with E-state index >= 15 is 0 Å². The summed E-state index contributed by atoms with van der Waals surface area (Å²) in [6, 6.07) is 4.04. The van der Waals surface area contributed by atoms with Gasteiger partial charge in [-0.3, -0.25) is 0 Å². The van der Waals surface area contributed by atoms with Crippen LogP contribution in [0.25, 0.3) is 0 Å². The highest BCUT2D eigenvalue weighted by molar-refractivity contribution is 9.10. The van der Waals surface area contributed by atoms with Crippen molar-refractivity contribution in [3.05, 3.63) is 45.8 Å². The highest BCUT2D eigenvalue weighted by atomic mass is 79.9. The van der Waals surface area contributed by atoms with E-state index < -0.39 is 11.6 Å². The molecule has 0 spiro atoms. The number of rotatable bonds is 3. The zero-order valence-electron chi connectivity index (χ0n) is 8.84. The summed E-state index contributed by atoms with van der Waals surface area (Å²) in [5.74, 6) is -1.72. The molecule has 1 aromatic heterocycles. The second-order valence-electron chi connectivity index (χ2n) is 3.42. The number of halogens is 3. The van der Waals surface area contributed by atoms with Crippen LogP contribution in [0.3, 0.4) is 0 Å². The van der Waals surface area contributed by atoms with Crippen LogP contribution in [-0.2, 0) is 6.61 Å². The van der Waals surface area contributed by atoms with E-state index in [9.17, 15) is 8.78 Å². The quantitative estimate of drug-likeness (QED) is 0.813. The van der Waals surface area contributed by atoms with Gasteiger partial charge in [-0.15, -0.1) is 0 Å². The summed E-state index contributed by atoms with van der Waals surface area (Å²) < 4.78 is 36.8. The van der Waals surface area contributed by atoms with E-state index in [1.54, 1.807) is 13.0 Å². The van der Waals surface area contributed by atoms with Crippen LogP contribution in [0.15, 0.2) is 27.2 Å². The molecule has 0 saturated heterocycles. The standard InChI is InChI=1S/C11H8BrF2NO2/c1-6-2-8(17-15-6)5-16-10-4-7(12)3-9(13)11(10)14/h2-4H,5H2,1H3. The lowest BCUT2D eigenvalue weighted by Crippen LogP contribution is -1.98. The van der Waals surface area contributed by atoms with Crippen molar-refractivity contribution in [2.24, 2.45) is 0 Å². The number of benzene rings is 1. The molecule has 0 amide bonds. The third-order valence-corrected chi connectivity index (χ3v) is 2.46. The second-order valence-corrected chi connectivity index (χ2v) is 4.34. The molecule has 1 aromatic carbocycles. The summed E-state index contributed by atoms with van der Waals surface area (Å²) in [5, 5.41) is 3.65. The predicted molar refractivity (Wildman–Crippen MR) is 59.6 cm³/mol. The van der Waals surface area contributed by atoms with Gasteiger partial charge in [0, 0.05) is 10.5 Å². The van der Waals surface area contributed by atoms with Crippen LogP contribution in [0, 0.1) is 18.6 Å². The summed E-state index contributed by atoms with van der Waals surface area (Å²) in [5.41, 5.74) is 0.699. The molecule has 0 saturated carbocycles. The van der Waals surface area contributed by atoms with Crippen molar-refractivity contribution in [1.82, 2.24) is 5.16 Å². The maximum atomic E-state index is 13.3. The lowest BCUT2D eigenvalue weighted by atomic mass is 10.3. The SMILES string of the molecule is Cc1cc(COc2cc(Br)cc(F)c2F)on1. The number of aromatic nitrogens is 1. The number of aryl methyl sites for hydroxylation is 1. The minimum absolute atomic E-state index is 0.00630. The topological polar surface area (TPSA) is 35.3 Å². The lowest BCUT2D eigenvalue weighted by Gasteiger charge is -2.06. The highest BCUT2D eigenvalue weighted by Crippen LogP contribution is 2.26. The van der Waals surface area contributed by atoms with Gasteiger partial charge in [0.2, 0.25) is 5.82 Å². The molecular weight excluding hydrogens is 296 g/mol. The van der Waals surface area contributed by atoms with Crippen LogP contribution in [0.1, 0.15) is 11.5 Å². The zero-order chi connectivity index (χ0) is 12.4. The molecule has 0 aliphatic rings. The smallest absolute Gasteiger partial charge is 0.200 e. The van der Waals surface area contributed by atoms with Crippen LogP contribution in [0.5, 0.6) is 5.75 Å². The average Bonchev–Trinajstić information content (AvgIpc) is 2.67. The number of hydrogen-bond donors (Lipinski definition) is 0. The largest absolute Gasteiger partial charge is 0.482 e. The Kier molecular flexibility index (Phi) is 3.42. The van der Waals surface area contributed by atoms with E-state index in [2.05, 4.69) is 21.1 Å². The van der Waals surface area contributed by atoms with Gasteiger partial charge < -0.3 is 9.26 Å². The fourth-order valence-corrected chi connectivity index (χ4v) is 1.68. The van der Waals surface area contributed by atoms with E-state index in [1.807, 2.05) is 0 Å². The van der Waals surface area contributed by atoms with E-state index in [0.29, 0.717) is 15.9 Å². The lowest BCUT2D eigenvalue weighted by molar-refractivity contribution is 0.237. The van der Waals surface area contributed by atoms with Crippen LogP contribution in [-0.4, -0.2) is 5.16 Å². The first-order valence-corrected chi connectivity index (χ1v) is 5.55. The summed E-state index contributed by atoms with van der Waals surface area (Å²) >= 11 is 3.06. The number of nitrogens with zero attached hydrogens (tertiary/aromatic N) is 1. The molecule has 0 aliphatic carbocycles. The number of ether oxygens (including phenoxy) is 1. The van der Waals surface area contributed by atoms with Gasteiger partial charge in [0.1, 0.15) is 6.61 Å². The molecule has 1 heterocycles. The molecule has 6 heteroatoms. The molecule has 3 nitrogen and oxygen atoms in total. The van der Waals surface area contributed by atoms with Gasteiger partial charge in [0.05, 0.1) is 5.69 Å². The maximum Gasteiger partial charge on any atom is 0.200 e. The fraction of sp³-hybridized carbons (Fsp3) is 0.182. The third kappa shape index (κ3) is 2.82. The minimum atomic E-state index is -1.02. The van der Waals surface area contributed by atoms with Crippen molar-refractivity contribution >= 4 is 15.9 Å². The molecule has 2 rings (SSSR count). The van der Waals surface area contributed by atoms with Crippen LogP contribution >= 0.6 is 15.9 Å². The predicted octanol–water partition coefficient (Wildman–Crippen LogP) is 3.60. The highest BCUT2D eigenvalue weighted by Gasteiger charge is 2.12. The molecule has 0 fully saturated rings. The molecular formula is C11H8BrF2NO2. The molecule has 0 atom stereocenters. The monoisotopic (exact) mass is 303 g/mol. The first-order chi connectivity index (χ1) is 8.06. The molecule has 2 aromatic rings. The van der Waals surface area contributed by atoms with Gasteiger partial charge >= 0.3 is 0 Å². The fourth-order valence-electron chi connectivity index (χ4n) is 1.27. The van der Waals surface area contributed by atoms with Crippen molar-refractivity contribution in [2.75, 3.05) is 0 Å². The molecule has 17 heavy (non-hydrogen) atoms. The summed E-state index contributed by atoms with van der Waals surface area (Å²) in [6.45, 7) is 1.75. The van der Waals surface area contributed by atoms with Crippen molar-refractivity contribution in [3.63, 3.8) is 0 Å². The molecule has 0 radical (unpaired) electrons. The van der Waals surface area contributed by atoms with Gasteiger partial charge in [-0.05, 0) is 19.1 Å². The Morgan fingerprint density at radius 1 is 1.35 bits per heavy atom. The van der Waals surface area contributed by atoms with Gasteiger partial charge in [0.15, 0.2) is 17.3 Å². The third-order valence-electron chi connectivity index (χ3n) is 2.01. The molecule has 0 bridgehead atoms. The van der Waals surface area contributed by atoms with Crippen molar-refractivity contribution in [2.45, 2.75) is 13.5 Å². The van der Waals surface area contributed by atoms with E-state index in [1.165, 1.54) is 6.07 Å². The van der Waals surface area contributed by atoms with E-state index in [-0.39, 0.29) is 12.4 Å². The average molecular weight is 304 g/mol. The van der Waals surface area contributed by atoms with E-state index in [0.717, 1.165) is 6.07 Å². The summed E-state index contributed by atoms with van der Waals surface area (Å²) in [4.78, 5) is 0. The molecule has 0 N–H and O–H groups in total. The Morgan fingerprint density at radius 3 is 2.76 bits per heavy atom. The number of hydrogen-bond acceptors (Lipinski definition) is 3. The van der Waals surface area contributed by atoms with Crippen LogP contribution in [0.4, 0.5) is 8.78 Å². The first-order valence-electron chi connectivity index (χ1n) is 4.76. The maximum absolute atomic E-state index is 13.3. The summed E-state index contributed by atoms with van der Waals surface area (Å²) in [7, 11) is 0. The normalized spacial score (nSPS) is 10.6. The van der Waals surface area contributed by atoms with Gasteiger partial charge in [-0.1, -0.05) is 21.1 Å². The summed E-state index contributed by atoms with van der Waals surface area (Å²) in [6.07, 6.45) is 0. The van der Waals surface area contributed by atoms with Crippen molar-refractivity contribution < 1.29 is 18.0 Å². The Balaban J connectivity index is 2.14. The zero-order valence-corrected chi connectivity index (χ0v) is 10.4. The van der Waals surface area contributed by atoms with Crippen LogP contribution < -0.4 is 4.74 Å². The Hall–Kier alpha value is -1.43.